The highest BCUT2D eigenvalue weighted by molar-refractivity contribution is 9.11. The van der Waals surface area contributed by atoms with Crippen LogP contribution < -0.4 is 5.32 Å². The van der Waals surface area contributed by atoms with Crippen molar-refractivity contribution >= 4 is 33.2 Å². The number of rotatable bonds is 3. The molecule has 0 saturated carbocycles. The molecule has 1 aromatic heterocycles. The summed E-state index contributed by atoms with van der Waals surface area (Å²) in [6.45, 7) is 0.0564. The van der Waals surface area contributed by atoms with Crippen molar-refractivity contribution in [2.24, 2.45) is 0 Å². The molecule has 6 heteroatoms. The first-order valence-electron chi connectivity index (χ1n) is 6.02. The van der Waals surface area contributed by atoms with E-state index in [4.69, 9.17) is 5.11 Å². The van der Waals surface area contributed by atoms with Crippen molar-refractivity contribution in [3.05, 3.63) is 55.9 Å². The second-order valence-electron chi connectivity index (χ2n) is 4.04. The third-order valence-electron chi connectivity index (χ3n) is 2.58. The number of carbonyl (C=O) groups excluding carboxylic acids is 1. The fourth-order valence-corrected chi connectivity index (χ4v) is 3.05. The third kappa shape index (κ3) is 4.39. The molecule has 0 bridgehead atoms. The molecule has 2 rings (SSSR count). The van der Waals surface area contributed by atoms with E-state index in [2.05, 4.69) is 33.1 Å². The number of aliphatic hydroxyl groups is 1. The lowest BCUT2D eigenvalue weighted by Gasteiger charge is -2.05. The van der Waals surface area contributed by atoms with Gasteiger partial charge in [-0.25, -0.2) is 4.39 Å². The number of hydrogen-bond donors (Lipinski definition) is 2. The topological polar surface area (TPSA) is 49.3 Å². The Hall–Kier alpha value is -1.68. The molecule has 1 aromatic carbocycles. The maximum absolute atomic E-state index is 13.9. The van der Waals surface area contributed by atoms with Crippen LogP contribution in [0.15, 0.2) is 34.1 Å². The Kier molecular flexibility index (Phi) is 5.51. The SMILES string of the molecule is O=C(NCc1ccc(Br)s1)c1ccc(C#CCO)cc1F. The molecule has 3 nitrogen and oxygen atoms in total. The standard InChI is InChI=1S/C15H11BrFNO2S/c16-14-6-4-11(21-14)9-18-15(20)12-5-3-10(2-1-7-19)8-13(12)17/h3-6,8,19H,7,9H2,(H,18,20). The van der Waals surface area contributed by atoms with Crippen LogP contribution in [0, 0.1) is 17.7 Å². The van der Waals surface area contributed by atoms with E-state index in [-0.39, 0.29) is 12.2 Å². The van der Waals surface area contributed by atoms with Crippen molar-refractivity contribution in [2.75, 3.05) is 6.61 Å². The average molecular weight is 368 g/mol. The van der Waals surface area contributed by atoms with E-state index in [9.17, 15) is 9.18 Å². The Morgan fingerprint density at radius 1 is 1.38 bits per heavy atom. The summed E-state index contributed by atoms with van der Waals surface area (Å²) in [6, 6.07) is 7.89. The van der Waals surface area contributed by atoms with Crippen molar-refractivity contribution in [2.45, 2.75) is 6.54 Å². The number of aliphatic hydroxyl groups excluding tert-OH is 1. The molecule has 2 aromatic rings. The van der Waals surface area contributed by atoms with Crippen LogP contribution >= 0.6 is 27.3 Å². The van der Waals surface area contributed by atoms with Gasteiger partial charge in [-0.3, -0.25) is 4.79 Å². The van der Waals surface area contributed by atoms with Gasteiger partial charge in [0.1, 0.15) is 12.4 Å². The predicted octanol–water partition coefficient (Wildman–Crippen LogP) is 2.92. The van der Waals surface area contributed by atoms with E-state index < -0.39 is 11.7 Å². The van der Waals surface area contributed by atoms with Crippen molar-refractivity contribution in [3.8, 4) is 11.8 Å². The zero-order chi connectivity index (χ0) is 15.2. The first kappa shape index (κ1) is 15.7. The Morgan fingerprint density at radius 3 is 2.81 bits per heavy atom. The van der Waals surface area contributed by atoms with Gasteiger partial charge in [0.2, 0.25) is 0 Å². The molecule has 0 radical (unpaired) electrons. The summed E-state index contributed by atoms with van der Waals surface area (Å²) in [5, 5.41) is 11.3. The van der Waals surface area contributed by atoms with Gasteiger partial charge in [-0.1, -0.05) is 11.8 Å². The van der Waals surface area contributed by atoms with E-state index >= 15 is 0 Å². The van der Waals surface area contributed by atoms with E-state index in [1.807, 2.05) is 12.1 Å². The van der Waals surface area contributed by atoms with Gasteiger partial charge in [0.15, 0.2) is 0 Å². The van der Waals surface area contributed by atoms with Gasteiger partial charge in [-0.2, -0.15) is 0 Å². The molecule has 1 amide bonds. The predicted molar refractivity (Wildman–Crippen MR) is 83.6 cm³/mol. The lowest BCUT2D eigenvalue weighted by molar-refractivity contribution is 0.0947. The first-order chi connectivity index (χ1) is 10.1. The monoisotopic (exact) mass is 367 g/mol. The highest BCUT2D eigenvalue weighted by atomic mass is 79.9. The van der Waals surface area contributed by atoms with Crippen molar-refractivity contribution in [1.82, 2.24) is 5.32 Å². The number of halogens is 2. The summed E-state index contributed by atoms with van der Waals surface area (Å²) in [7, 11) is 0. The molecule has 1 heterocycles. The van der Waals surface area contributed by atoms with Crippen LogP contribution in [0.4, 0.5) is 4.39 Å². The largest absolute Gasteiger partial charge is 0.384 e. The Balaban J connectivity index is 2.05. The average Bonchev–Trinajstić information content (AvgIpc) is 2.88. The first-order valence-corrected chi connectivity index (χ1v) is 7.63. The molecule has 0 fully saturated rings. The number of thiophene rings is 1. The third-order valence-corrected chi connectivity index (χ3v) is 4.20. The Morgan fingerprint density at radius 2 is 2.19 bits per heavy atom. The molecule has 0 atom stereocenters. The lowest BCUT2D eigenvalue weighted by atomic mass is 10.1. The minimum absolute atomic E-state index is 0.0276. The van der Waals surface area contributed by atoms with Gasteiger partial charge in [-0.05, 0) is 46.3 Å². The van der Waals surface area contributed by atoms with Gasteiger partial charge in [0, 0.05) is 10.4 Å². The molecule has 0 spiro atoms. The second-order valence-corrected chi connectivity index (χ2v) is 6.59. The fraction of sp³-hybridized carbons (Fsp3) is 0.133. The molecule has 108 valence electrons. The van der Waals surface area contributed by atoms with Crippen LogP contribution in [0.1, 0.15) is 20.8 Å². The van der Waals surface area contributed by atoms with Crippen molar-refractivity contribution < 1.29 is 14.3 Å². The normalized spacial score (nSPS) is 9.86. The molecule has 2 N–H and O–H groups in total. The zero-order valence-corrected chi connectivity index (χ0v) is 13.2. The summed E-state index contributed by atoms with van der Waals surface area (Å²) < 4.78 is 14.8. The van der Waals surface area contributed by atoms with Crippen LogP contribution in [0.2, 0.25) is 0 Å². The molecule has 0 aliphatic rings. The minimum atomic E-state index is -0.635. The van der Waals surface area contributed by atoms with Gasteiger partial charge in [-0.15, -0.1) is 11.3 Å². The summed E-state index contributed by atoms with van der Waals surface area (Å²) in [5.41, 5.74) is 0.389. The quantitative estimate of drug-likeness (QED) is 0.819. The van der Waals surface area contributed by atoms with E-state index in [1.54, 1.807) is 6.07 Å². The van der Waals surface area contributed by atoms with Gasteiger partial charge >= 0.3 is 0 Å². The number of amides is 1. The fourth-order valence-electron chi connectivity index (χ4n) is 1.63. The van der Waals surface area contributed by atoms with E-state index in [0.717, 1.165) is 8.66 Å². The number of benzene rings is 1. The number of nitrogens with one attached hydrogen (secondary N) is 1. The molecule has 0 unspecified atom stereocenters. The maximum Gasteiger partial charge on any atom is 0.254 e. The highest BCUT2D eigenvalue weighted by Crippen LogP contribution is 2.21. The summed E-state index contributed by atoms with van der Waals surface area (Å²) >= 11 is 4.85. The van der Waals surface area contributed by atoms with Crippen molar-refractivity contribution in [3.63, 3.8) is 0 Å². The van der Waals surface area contributed by atoms with Crippen molar-refractivity contribution in [1.29, 1.82) is 0 Å². The van der Waals surface area contributed by atoms with Crippen LogP contribution in [0.3, 0.4) is 0 Å². The van der Waals surface area contributed by atoms with Gasteiger partial charge < -0.3 is 10.4 Å². The summed E-state index contributed by atoms with van der Waals surface area (Å²) in [4.78, 5) is 12.9. The van der Waals surface area contributed by atoms with E-state index in [1.165, 1.54) is 23.5 Å². The van der Waals surface area contributed by atoms with E-state index in [0.29, 0.717) is 12.1 Å². The molecule has 0 saturated heterocycles. The van der Waals surface area contributed by atoms with Gasteiger partial charge in [0.05, 0.1) is 15.9 Å². The summed E-state index contributed by atoms with van der Waals surface area (Å²) in [5.74, 6) is 3.90. The second kappa shape index (κ2) is 7.36. The highest BCUT2D eigenvalue weighted by Gasteiger charge is 2.12. The smallest absolute Gasteiger partial charge is 0.254 e. The Bertz CT molecular complexity index is 718. The molecule has 0 aliphatic heterocycles. The zero-order valence-electron chi connectivity index (χ0n) is 10.8. The molecular weight excluding hydrogens is 357 g/mol. The van der Waals surface area contributed by atoms with Crippen LogP contribution in [-0.4, -0.2) is 17.6 Å². The minimum Gasteiger partial charge on any atom is -0.384 e. The van der Waals surface area contributed by atoms with Crippen LogP contribution in [0.25, 0.3) is 0 Å². The molecular formula is C15H11BrFNO2S. The summed E-state index contributed by atoms with van der Waals surface area (Å²) in [6.07, 6.45) is 0. The number of hydrogen-bond acceptors (Lipinski definition) is 3. The maximum atomic E-state index is 13.9. The van der Waals surface area contributed by atoms with Gasteiger partial charge in [0.25, 0.3) is 5.91 Å². The van der Waals surface area contributed by atoms with Crippen LogP contribution in [-0.2, 0) is 6.54 Å². The lowest BCUT2D eigenvalue weighted by Crippen LogP contribution is -2.23. The Labute approximate surface area is 133 Å². The molecule has 0 aliphatic carbocycles. The number of carbonyl (C=O) groups is 1. The molecule has 21 heavy (non-hydrogen) atoms. The van der Waals surface area contributed by atoms with Crippen LogP contribution in [0.5, 0.6) is 0 Å².